The van der Waals surface area contributed by atoms with Crippen molar-refractivity contribution in [3.63, 3.8) is 0 Å². The minimum absolute atomic E-state index is 0.233. The SMILES string of the molecule is CC(=O)OCc1ccc(-c2ccccc2NC(=O)c2cncc(Br)c2)s1. The van der Waals surface area contributed by atoms with Gasteiger partial charge in [-0.25, -0.2) is 0 Å². The highest BCUT2D eigenvalue weighted by Gasteiger charge is 2.12. The van der Waals surface area contributed by atoms with E-state index in [1.54, 1.807) is 12.3 Å². The number of anilines is 1. The molecule has 1 aromatic carbocycles. The lowest BCUT2D eigenvalue weighted by atomic mass is 10.1. The highest BCUT2D eigenvalue weighted by molar-refractivity contribution is 9.10. The van der Waals surface area contributed by atoms with Crippen LogP contribution in [0.5, 0.6) is 0 Å². The number of thiophene rings is 1. The Bertz CT molecular complexity index is 955. The molecule has 3 aromatic rings. The molecule has 0 radical (unpaired) electrons. The molecule has 0 aliphatic carbocycles. The number of carbonyl (C=O) groups is 2. The number of ether oxygens (including phenoxy) is 1. The Morgan fingerprint density at radius 1 is 1.19 bits per heavy atom. The van der Waals surface area contributed by atoms with Crippen molar-refractivity contribution in [3.8, 4) is 10.4 Å². The topological polar surface area (TPSA) is 68.3 Å². The number of para-hydroxylation sites is 1. The molecule has 3 rings (SSSR count). The van der Waals surface area contributed by atoms with E-state index in [-0.39, 0.29) is 18.5 Å². The maximum Gasteiger partial charge on any atom is 0.302 e. The van der Waals surface area contributed by atoms with Crippen molar-refractivity contribution in [2.75, 3.05) is 5.32 Å². The lowest BCUT2D eigenvalue weighted by Crippen LogP contribution is -2.12. The fourth-order valence-corrected chi connectivity index (χ4v) is 3.64. The summed E-state index contributed by atoms with van der Waals surface area (Å²) < 4.78 is 5.77. The van der Waals surface area contributed by atoms with Gasteiger partial charge in [-0.2, -0.15) is 0 Å². The molecular weight excluding hydrogens is 416 g/mol. The monoisotopic (exact) mass is 430 g/mol. The smallest absolute Gasteiger partial charge is 0.302 e. The number of pyridine rings is 1. The van der Waals surface area contributed by atoms with E-state index in [2.05, 4.69) is 26.2 Å². The summed E-state index contributed by atoms with van der Waals surface area (Å²) in [5.41, 5.74) is 2.08. The van der Waals surface area contributed by atoms with E-state index in [0.717, 1.165) is 19.8 Å². The Morgan fingerprint density at radius 3 is 2.77 bits per heavy atom. The molecule has 0 atom stereocenters. The van der Waals surface area contributed by atoms with Crippen LogP contribution in [0.2, 0.25) is 0 Å². The van der Waals surface area contributed by atoms with Crippen LogP contribution in [0.3, 0.4) is 0 Å². The lowest BCUT2D eigenvalue weighted by Gasteiger charge is -2.10. The second-order valence-corrected chi connectivity index (χ2v) is 7.52. The van der Waals surface area contributed by atoms with Gasteiger partial charge >= 0.3 is 5.97 Å². The molecule has 0 spiro atoms. The van der Waals surface area contributed by atoms with E-state index in [4.69, 9.17) is 4.74 Å². The average molecular weight is 431 g/mol. The van der Waals surface area contributed by atoms with Crippen molar-refractivity contribution < 1.29 is 14.3 Å². The average Bonchev–Trinajstić information content (AvgIpc) is 3.09. The van der Waals surface area contributed by atoms with Crippen molar-refractivity contribution in [2.24, 2.45) is 0 Å². The van der Waals surface area contributed by atoms with E-state index >= 15 is 0 Å². The van der Waals surface area contributed by atoms with Gasteiger partial charge < -0.3 is 10.1 Å². The third kappa shape index (κ3) is 4.56. The van der Waals surface area contributed by atoms with Crippen molar-refractivity contribution in [2.45, 2.75) is 13.5 Å². The van der Waals surface area contributed by atoms with Crippen LogP contribution in [0.1, 0.15) is 22.2 Å². The van der Waals surface area contributed by atoms with E-state index in [1.807, 2.05) is 36.4 Å². The van der Waals surface area contributed by atoms with Gasteiger partial charge in [-0.1, -0.05) is 18.2 Å². The summed E-state index contributed by atoms with van der Waals surface area (Å²) in [6.07, 6.45) is 3.14. The van der Waals surface area contributed by atoms with Gasteiger partial charge in [0.1, 0.15) is 6.61 Å². The van der Waals surface area contributed by atoms with Gasteiger partial charge in [0.05, 0.1) is 5.56 Å². The van der Waals surface area contributed by atoms with Gasteiger partial charge in [-0.3, -0.25) is 14.6 Å². The molecule has 0 fully saturated rings. The number of amides is 1. The molecule has 1 N–H and O–H groups in total. The first-order valence-electron chi connectivity index (χ1n) is 7.76. The molecule has 0 saturated carbocycles. The van der Waals surface area contributed by atoms with Gasteiger partial charge in [-0.05, 0) is 40.2 Å². The predicted octanol–water partition coefficient (Wildman–Crippen LogP) is 4.89. The number of rotatable bonds is 5. The van der Waals surface area contributed by atoms with Crippen LogP contribution in [-0.2, 0) is 16.1 Å². The third-order valence-electron chi connectivity index (χ3n) is 3.49. The summed E-state index contributed by atoms with van der Waals surface area (Å²) in [5, 5.41) is 2.93. The number of esters is 1. The Kier molecular flexibility index (Phi) is 5.80. The largest absolute Gasteiger partial charge is 0.460 e. The maximum atomic E-state index is 12.5. The Hall–Kier alpha value is -2.51. The summed E-state index contributed by atoms with van der Waals surface area (Å²) >= 11 is 4.84. The molecule has 2 aromatic heterocycles. The van der Waals surface area contributed by atoms with Crippen LogP contribution in [-0.4, -0.2) is 16.9 Å². The van der Waals surface area contributed by atoms with Crippen LogP contribution >= 0.6 is 27.3 Å². The van der Waals surface area contributed by atoms with E-state index in [0.29, 0.717) is 11.3 Å². The molecular formula is C19H15BrN2O3S. The van der Waals surface area contributed by atoms with Gasteiger partial charge in [-0.15, -0.1) is 11.3 Å². The second kappa shape index (κ2) is 8.25. The molecule has 0 aliphatic heterocycles. The number of hydrogen-bond donors (Lipinski definition) is 1. The molecule has 132 valence electrons. The molecule has 2 heterocycles. The van der Waals surface area contributed by atoms with E-state index < -0.39 is 0 Å². The summed E-state index contributed by atoms with van der Waals surface area (Å²) in [4.78, 5) is 29.4. The number of benzene rings is 1. The third-order valence-corrected chi connectivity index (χ3v) is 5.01. The number of nitrogens with zero attached hydrogens (tertiary/aromatic N) is 1. The molecule has 26 heavy (non-hydrogen) atoms. The first kappa shape index (κ1) is 18.3. The van der Waals surface area contributed by atoms with Gasteiger partial charge in [0, 0.05) is 44.8 Å². The predicted molar refractivity (Wildman–Crippen MR) is 105 cm³/mol. The first-order chi connectivity index (χ1) is 12.5. The van der Waals surface area contributed by atoms with E-state index in [9.17, 15) is 9.59 Å². The molecule has 1 amide bonds. The fraction of sp³-hybridized carbons (Fsp3) is 0.105. The minimum Gasteiger partial charge on any atom is -0.460 e. The zero-order chi connectivity index (χ0) is 18.5. The Balaban J connectivity index is 1.82. The van der Waals surface area contributed by atoms with Gasteiger partial charge in [0.15, 0.2) is 0 Å². The first-order valence-corrected chi connectivity index (χ1v) is 9.37. The molecule has 0 saturated heterocycles. The highest BCUT2D eigenvalue weighted by atomic mass is 79.9. The van der Waals surface area contributed by atoms with Crippen LogP contribution in [0.25, 0.3) is 10.4 Å². The van der Waals surface area contributed by atoms with Crippen LogP contribution in [0.15, 0.2) is 59.3 Å². The van der Waals surface area contributed by atoms with Gasteiger partial charge in [0.25, 0.3) is 5.91 Å². The quantitative estimate of drug-likeness (QED) is 0.585. The molecule has 0 unspecified atom stereocenters. The zero-order valence-corrected chi connectivity index (χ0v) is 16.3. The Labute approximate surface area is 163 Å². The van der Waals surface area contributed by atoms with Crippen molar-refractivity contribution >= 4 is 44.8 Å². The van der Waals surface area contributed by atoms with Gasteiger partial charge in [0.2, 0.25) is 0 Å². The number of halogens is 1. The van der Waals surface area contributed by atoms with E-state index in [1.165, 1.54) is 24.5 Å². The van der Waals surface area contributed by atoms with Crippen molar-refractivity contribution in [1.29, 1.82) is 0 Å². The van der Waals surface area contributed by atoms with Crippen LogP contribution in [0.4, 0.5) is 5.69 Å². The van der Waals surface area contributed by atoms with Crippen LogP contribution < -0.4 is 5.32 Å². The fourth-order valence-electron chi connectivity index (χ4n) is 2.31. The van der Waals surface area contributed by atoms with Crippen molar-refractivity contribution in [3.05, 3.63) is 69.8 Å². The summed E-state index contributed by atoms with van der Waals surface area (Å²) in [5.74, 6) is -0.543. The Morgan fingerprint density at radius 2 is 2.00 bits per heavy atom. The van der Waals surface area contributed by atoms with Crippen molar-refractivity contribution in [1.82, 2.24) is 4.98 Å². The molecule has 7 heteroatoms. The molecule has 0 aliphatic rings. The molecule has 5 nitrogen and oxygen atoms in total. The zero-order valence-electron chi connectivity index (χ0n) is 13.9. The van der Waals surface area contributed by atoms with Crippen LogP contribution in [0, 0.1) is 0 Å². The maximum absolute atomic E-state index is 12.5. The minimum atomic E-state index is -0.310. The summed E-state index contributed by atoms with van der Waals surface area (Å²) in [6, 6.07) is 13.2. The molecule has 0 bridgehead atoms. The number of carbonyl (C=O) groups excluding carboxylic acids is 2. The number of aromatic nitrogens is 1. The highest BCUT2D eigenvalue weighted by Crippen LogP contribution is 2.34. The normalized spacial score (nSPS) is 10.4. The summed E-state index contributed by atoms with van der Waals surface area (Å²) in [6.45, 7) is 1.63. The number of hydrogen-bond acceptors (Lipinski definition) is 5. The second-order valence-electron chi connectivity index (χ2n) is 5.44. The standard InChI is InChI=1S/C19H15BrN2O3S/c1-12(23)25-11-15-6-7-18(26-15)16-4-2-3-5-17(16)22-19(24)13-8-14(20)10-21-9-13/h2-10H,11H2,1H3,(H,22,24). The lowest BCUT2D eigenvalue weighted by molar-refractivity contribution is -0.142. The summed E-state index contributed by atoms with van der Waals surface area (Å²) in [7, 11) is 0. The number of nitrogens with one attached hydrogen (secondary N) is 1.